The van der Waals surface area contributed by atoms with E-state index >= 15 is 0 Å². The molecule has 0 saturated heterocycles. The molecule has 3 rings (SSSR count). The van der Waals surface area contributed by atoms with Crippen LogP contribution >= 0.6 is 11.3 Å². The number of rotatable bonds is 7. The highest BCUT2D eigenvalue weighted by Gasteiger charge is 2.13. The number of aromatic nitrogens is 1. The van der Waals surface area contributed by atoms with Crippen LogP contribution < -0.4 is 5.32 Å². The zero-order valence-corrected chi connectivity index (χ0v) is 13.5. The van der Waals surface area contributed by atoms with E-state index in [4.69, 9.17) is 4.74 Å². The van der Waals surface area contributed by atoms with Crippen LogP contribution in [0.2, 0.25) is 0 Å². The van der Waals surface area contributed by atoms with E-state index in [1.165, 1.54) is 15.8 Å². The summed E-state index contributed by atoms with van der Waals surface area (Å²) in [6, 6.07) is 14.5. The molecule has 0 amide bonds. The molecular weight excluding hydrogens is 292 g/mol. The number of benzene rings is 1. The third-order valence-electron chi connectivity index (χ3n) is 3.69. The van der Waals surface area contributed by atoms with E-state index in [1.54, 1.807) is 11.3 Å². The monoisotopic (exact) mass is 312 g/mol. The maximum atomic E-state index is 6.23. The number of nitrogens with one attached hydrogen (secondary N) is 1. The Kier molecular flexibility index (Phi) is 5.16. The first-order valence-electron chi connectivity index (χ1n) is 7.50. The maximum Gasteiger partial charge on any atom is 0.0933 e. The highest BCUT2D eigenvalue weighted by atomic mass is 32.1. The van der Waals surface area contributed by atoms with Gasteiger partial charge in [-0.05, 0) is 49.2 Å². The first-order valence-corrected chi connectivity index (χ1v) is 8.38. The van der Waals surface area contributed by atoms with Crippen LogP contribution in [0.3, 0.4) is 0 Å². The summed E-state index contributed by atoms with van der Waals surface area (Å²) in [5, 5.41) is 6.48. The third-order valence-corrected chi connectivity index (χ3v) is 4.66. The van der Waals surface area contributed by atoms with E-state index in [1.807, 2.05) is 31.4 Å². The third kappa shape index (κ3) is 3.53. The largest absolute Gasteiger partial charge is 0.368 e. The summed E-state index contributed by atoms with van der Waals surface area (Å²) in [6.45, 7) is 1.55. The Balaban J connectivity index is 1.76. The van der Waals surface area contributed by atoms with Gasteiger partial charge in [0.1, 0.15) is 0 Å². The Bertz CT molecular complexity index is 707. The molecule has 1 atom stereocenters. The number of fused-ring (bicyclic) bond motifs is 1. The fourth-order valence-corrected chi connectivity index (χ4v) is 3.35. The van der Waals surface area contributed by atoms with Crippen molar-refractivity contribution in [3.8, 4) is 0 Å². The van der Waals surface area contributed by atoms with Gasteiger partial charge in [0.15, 0.2) is 0 Å². The molecule has 0 aliphatic rings. The molecule has 0 aliphatic heterocycles. The minimum atomic E-state index is 0.138. The molecule has 4 heteroatoms. The number of thiophene rings is 1. The molecule has 0 saturated carbocycles. The molecule has 0 aliphatic carbocycles. The summed E-state index contributed by atoms with van der Waals surface area (Å²) >= 11 is 1.76. The quantitative estimate of drug-likeness (QED) is 0.711. The van der Waals surface area contributed by atoms with Gasteiger partial charge in [-0.1, -0.05) is 24.3 Å². The van der Waals surface area contributed by atoms with Gasteiger partial charge in [-0.25, -0.2) is 0 Å². The summed E-state index contributed by atoms with van der Waals surface area (Å²) in [6.07, 6.45) is 2.94. The second-order valence-electron chi connectivity index (χ2n) is 5.19. The van der Waals surface area contributed by atoms with Crippen LogP contribution in [-0.2, 0) is 11.3 Å². The highest BCUT2D eigenvalue weighted by Crippen LogP contribution is 2.27. The standard InChI is InChI=1S/C18H20N2OS/c1-19-11-9-17(18-8-4-12-22-18)21-13-14-5-2-7-16-15(14)6-3-10-20-16/h2-8,10,12,17,19H,9,11,13H2,1H3. The van der Waals surface area contributed by atoms with Gasteiger partial charge >= 0.3 is 0 Å². The first kappa shape index (κ1) is 15.2. The Hall–Kier alpha value is -1.75. The van der Waals surface area contributed by atoms with E-state index in [0.29, 0.717) is 6.61 Å². The second-order valence-corrected chi connectivity index (χ2v) is 6.17. The lowest BCUT2D eigenvalue weighted by molar-refractivity contribution is 0.0374. The minimum absolute atomic E-state index is 0.138. The molecule has 0 bridgehead atoms. The Morgan fingerprint density at radius 1 is 1.18 bits per heavy atom. The maximum absolute atomic E-state index is 6.23. The van der Waals surface area contributed by atoms with Crippen LogP contribution in [0.25, 0.3) is 10.9 Å². The van der Waals surface area contributed by atoms with Crippen LogP contribution in [-0.4, -0.2) is 18.6 Å². The number of hydrogen-bond donors (Lipinski definition) is 1. The molecule has 0 spiro atoms. The zero-order chi connectivity index (χ0) is 15.2. The van der Waals surface area contributed by atoms with Gasteiger partial charge in [-0.3, -0.25) is 4.98 Å². The predicted molar refractivity (Wildman–Crippen MR) is 92.1 cm³/mol. The van der Waals surface area contributed by atoms with Gasteiger partial charge in [-0.15, -0.1) is 11.3 Å². The number of pyridine rings is 1. The Morgan fingerprint density at radius 2 is 2.14 bits per heavy atom. The average molecular weight is 312 g/mol. The normalized spacial score (nSPS) is 12.6. The van der Waals surface area contributed by atoms with Gasteiger partial charge in [0.25, 0.3) is 0 Å². The number of hydrogen-bond acceptors (Lipinski definition) is 4. The van der Waals surface area contributed by atoms with Gasteiger partial charge < -0.3 is 10.1 Å². The molecule has 114 valence electrons. The van der Waals surface area contributed by atoms with E-state index in [2.05, 4.69) is 39.9 Å². The van der Waals surface area contributed by atoms with Crippen molar-refractivity contribution in [3.05, 3.63) is 64.5 Å². The van der Waals surface area contributed by atoms with Gasteiger partial charge in [-0.2, -0.15) is 0 Å². The summed E-state index contributed by atoms with van der Waals surface area (Å²) in [5.41, 5.74) is 2.21. The van der Waals surface area contributed by atoms with Crippen molar-refractivity contribution in [2.24, 2.45) is 0 Å². The molecule has 22 heavy (non-hydrogen) atoms. The fourth-order valence-electron chi connectivity index (χ4n) is 2.54. The van der Waals surface area contributed by atoms with Crippen molar-refractivity contribution in [1.29, 1.82) is 0 Å². The second kappa shape index (κ2) is 7.49. The molecule has 3 nitrogen and oxygen atoms in total. The molecular formula is C18H20N2OS. The lowest BCUT2D eigenvalue weighted by atomic mass is 10.1. The number of ether oxygens (including phenoxy) is 1. The lowest BCUT2D eigenvalue weighted by Gasteiger charge is -2.17. The van der Waals surface area contributed by atoms with Gasteiger partial charge in [0.05, 0.1) is 18.2 Å². The van der Waals surface area contributed by atoms with Crippen molar-refractivity contribution in [2.75, 3.05) is 13.6 Å². The molecule has 0 fully saturated rings. The molecule has 0 radical (unpaired) electrons. The van der Waals surface area contributed by atoms with Crippen molar-refractivity contribution in [3.63, 3.8) is 0 Å². The molecule has 1 unspecified atom stereocenters. The zero-order valence-electron chi connectivity index (χ0n) is 12.7. The predicted octanol–water partition coefficient (Wildman–Crippen LogP) is 4.16. The molecule has 2 heterocycles. The Morgan fingerprint density at radius 3 is 2.95 bits per heavy atom. The highest BCUT2D eigenvalue weighted by molar-refractivity contribution is 7.10. The van der Waals surface area contributed by atoms with Gasteiger partial charge in [0, 0.05) is 16.5 Å². The van der Waals surface area contributed by atoms with Crippen molar-refractivity contribution in [2.45, 2.75) is 19.1 Å². The smallest absolute Gasteiger partial charge is 0.0933 e. The van der Waals surface area contributed by atoms with Crippen LogP contribution in [0, 0.1) is 0 Å². The number of nitrogens with zero attached hydrogens (tertiary/aromatic N) is 1. The molecule has 3 aromatic rings. The van der Waals surface area contributed by atoms with E-state index in [0.717, 1.165) is 18.5 Å². The van der Waals surface area contributed by atoms with Gasteiger partial charge in [0.2, 0.25) is 0 Å². The van der Waals surface area contributed by atoms with Crippen LogP contribution in [0.1, 0.15) is 23.0 Å². The van der Waals surface area contributed by atoms with E-state index in [-0.39, 0.29) is 6.10 Å². The minimum Gasteiger partial charge on any atom is -0.368 e. The SMILES string of the molecule is CNCCC(OCc1cccc2ncccc12)c1cccs1. The van der Waals surface area contributed by atoms with Crippen LogP contribution in [0.5, 0.6) is 0 Å². The van der Waals surface area contributed by atoms with E-state index < -0.39 is 0 Å². The van der Waals surface area contributed by atoms with Crippen molar-refractivity contribution < 1.29 is 4.74 Å². The average Bonchev–Trinajstić information content (AvgIpc) is 3.09. The summed E-state index contributed by atoms with van der Waals surface area (Å²) in [4.78, 5) is 5.69. The van der Waals surface area contributed by atoms with Crippen LogP contribution in [0.4, 0.5) is 0 Å². The fraction of sp³-hybridized carbons (Fsp3) is 0.278. The molecule has 1 aromatic carbocycles. The van der Waals surface area contributed by atoms with E-state index in [9.17, 15) is 0 Å². The molecule has 1 N–H and O–H groups in total. The summed E-state index contributed by atoms with van der Waals surface area (Å²) in [7, 11) is 1.97. The van der Waals surface area contributed by atoms with Crippen LogP contribution in [0.15, 0.2) is 54.0 Å². The topological polar surface area (TPSA) is 34.1 Å². The molecule has 2 aromatic heterocycles. The summed E-state index contributed by atoms with van der Waals surface area (Å²) < 4.78 is 6.23. The van der Waals surface area contributed by atoms with Crippen molar-refractivity contribution >= 4 is 22.2 Å². The summed E-state index contributed by atoms with van der Waals surface area (Å²) in [5.74, 6) is 0. The Labute approximate surface area is 135 Å². The van der Waals surface area contributed by atoms with Crippen molar-refractivity contribution in [1.82, 2.24) is 10.3 Å². The first-order chi connectivity index (χ1) is 10.9. The lowest BCUT2D eigenvalue weighted by Crippen LogP contribution is -2.13.